The molecule has 0 spiro atoms. The summed E-state index contributed by atoms with van der Waals surface area (Å²) in [7, 11) is 0. The highest BCUT2D eigenvalue weighted by atomic mass is 35.5. The average molecular weight is 367 g/mol. The SMILES string of the molecule is Cc1nn(-c2cccc(Cl)c2)c(Cl)c1/C=N\n1c(C)n[nH]c1=S. The van der Waals surface area contributed by atoms with E-state index >= 15 is 0 Å². The predicted octanol–water partition coefficient (Wildman–Crippen LogP) is 3.93. The Morgan fingerprint density at radius 3 is 2.74 bits per heavy atom. The summed E-state index contributed by atoms with van der Waals surface area (Å²) >= 11 is 17.6. The molecule has 0 atom stereocenters. The normalized spacial score (nSPS) is 11.5. The van der Waals surface area contributed by atoms with E-state index in [1.165, 1.54) is 4.68 Å². The summed E-state index contributed by atoms with van der Waals surface area (Å²) in [5, 5.41) is 16.5. The van der Waals surface area contributed by atoms with Crippen LogP contribution in [0, 0.1) is 18.6 Å². The van der Waals surface area contributed by atoms with E-state index in [4.69, 9.17) is 35.4 Å². The second-order valence-corrected chi connectivity index (χ2v) is 6.00. The number of H-pyrrole nitrogens is 1. The van der Waals surface area contributed by atoms with Gasteiger partial charge < -0.3 is 0 Å². The van der Waals surface area contributed by atoms with Crippen LogP contribution in [0.5, 0.6) is 0 Å². The monoisotopic (exact) mass is 366 g/mol. The van der Waals surface area contributed by atoms with Gasteiger partial charge in [0.15, 0.2) is 0 Å². The molecule has 3 aromatic rings. The highest BCUT2D eigenvalue weighted by Gasteiger charge is 2.13. The van der Waals surface area contributed by atoms with E-state index < -0.39 is 0 Å². The van der Waals surface area contributed by atoms with Crippen LogP contribution in [0.1, 0.15) is 17.1 Å². The third-order valence-corrected chi connectivity index (χ3v) is 4.08. The Morgan fingerprint density at radius 1 is 1.30 bits per heavy atom. The first-order valence-electron chi connectivity index (χ1n) is 6.67. The van der Waals surface area contributed by atoms with Gasteiger partial charge in [-0.1, -0.05) is 29.3 Å². The smallest absolute Gasteiger partial charge is 0.216 e. The Kier molecular flexibility index (Phi) is 4.34. The van der Waals surface area contributed by atoms with Crippen molar-refractivity contribution in [2.75, 3.05) is 0 Å². The first-order chi connectivity index (χ1) is 11.0. The van der Waals surface area contributed by atoms with Crippen molar-refractivity contribution in [1.29, 1.82) is 0 Å². The molecule has 23 heavy (non-hydrogen) atoms. The fraction of sp³-hybridized carbons (Fsp3) is 0.143. The minimum Gasteiger partial charge on any atom is -0.250 e. The zero-order chi connectivity index (χ0) is 16.6. The zero-order valence-electron chi connectivity index (χ0n) is 12.3. The van der Waals surface area contributed by atoms with Gasteiger partial charge in [0.05, 0.1) is 23.2 Å². The molecule has 1 aromatic carbocycles. The first kappa shape index (κ1) is 15.9. The number of aromatic amines is 1. The summed E-state index contributed by atoms with van der Waals surface area (Å²) in [6.45, 7) is 3.66. The second-order valence-electron chi connectivity index (χ2n) is 4.81. The van der Waals surface area contributed by atoms with Gasteiger partial charge in [-0.05, 0) is 44.3 Å². The molecule has 2 heterocycles. The van der Waals surface area contributed by atoms with E-state index in [1.807, 2.05) is 19.1 Å². The van der Waals surface area contributed by atoms with Crippen LogP contribution in [0.4, 0.5) is 0 Å². The van der Waals surface area contributed by atoms with Crippen molar-refractivity contribution in [2.24, 2.45) is 5.10 Å². The molecule has 0 saturated heterocycles. The third kappa shape index (κ3) is 3.08. The Bertz CT molecular complexity index is 953. The molecule has 0 unspecified atom stereocenters. The lowest BCUT2D eigenvalue weighted by atomic mass is 10.3. The molecule has 0 aliphatic heterocycles. The van der Waals surface area contributed by atoms with Crippen LogP contribution in [0.25, 0.3) is 5.69 Å². The number of aromatic nitrogens is 5. The molecule has 0 amide bonds. The number of nitrogens with zero attached hydrogens (tertiary/aromatic N) is 5. The summed E-state index contributed by atoms with van der Waals surface area (Å²) in [5.74, 6) is 0.655. The van der Waals surface area contributed by atoms with Gasteiger partial charge in [0, 0.05) is 5.02 Å². The van der Waals surface area contributed by atoms with E-state index in [9.17, 15) is 0 Å². The molecule has 0 saturated carbocycles. The molecule has 0 aliphatic carbocycles. The summed E-state index contributed by atoms with van der Waals surface area (Å²) in [6, 6.07) is 7.30. The number of hydrogen-bond donors (Lipinski definition) is 1. The number of rotatable bonds is 3. The van der Waals surface area contributed by atoms with Crippen LogP contribution >= 0.6 is 35.4 Å². The van der Waals surface area contributed by atoms with Gasteiger partial charge in [-0.2, -0.15) is 20.0 Å². The van der Waals surface area contributed by atoms with Gasteiger partial charge in [0.25, 0.3) is 0 Å². The number of halogens is 2. The van der Waals surface area contributed by atoms with Crippen LogP contribution in [-0.4, -0.2) is 30.9 Å². The maximum absolute atomic E-state index is 6.44. The lowest BCUT2D eigenvalue weighted by Gasteiger charge is -2.03. The Hall–Kier alpha value is -1.96. The number of aryl methyl sites for hydroxylation is 2. The fourth-order valence-corrected chi connectivity index (χ4v) is 2.79. The van der Waals surface area contributed by atoms with Gasteiger partial charge in [0.2, 0.25) is 4.77 Å². The van der Waals surface area contributed by atoms with Crippen molar-refractivity contribution in [1.82, 2.24) is 24.7 Å². The van der Waals surface area contributed by atoms with Crippen molar-refractivity contribution in [3.63, 3.8) is 0 Å². The molecule has 2 aromatic heterocycles. The number of nitrogens with one attached hydrogen (secondary N) is 1. The van der Waals surface area contributed by atoms with Crippen molar-refractivity contribution in [3.8, 4) is 5.69 Å². The quantitative estimate of drug-likeness (QED) is 0.564. The second kappa shape index (κ2) is 6.27. The van der Waals surface area contributed by atoms with E-state index in [1.54, 1.807) is 30.0 Å². The molecule has 0 fully saturated rings. The zero-order valence-corrected chi connectivity index (χ0v) is 14.6. The average Bonchev–Trinajstić information content (AvgIpc) is 2.98. The van der Waals surface area contributed by atoms with E-state index in [-0.39, 0.29) is 0 Å². The molecule has 0 aliphatic rings. The van der Waals surface area contributed by atoms with Gasteiger partial charge in [-0.3, -0.25) is 5.10 Å². The van der Waals surface area contributed by atoms with Gasteiger partial charge in [0.1, 0.15) is 11.0 Å². The van der Waals surface area contributed by atoms with Crippen LogP contribution in [-0.2, 0) is 0 Å². The van der Waals surface area contributed by atoms with Crippen LogP contribution in [0.3, 0.4) is 0 Å². The highest BCUT2D eigenvalue weighted by Crippen LogP contribution is 2.23. The molecule has 6 nitrogen and oxygen atoms in total. The molecule has 1 N–H and O–H groups in total. The summed E-state index contributed by atoms with van der Waals surface area (Å²) < 4.78 is 3.54. The maximum atomic E-state index is 6.44. The molecule has 0 radical (unpaired) electrons. The third-order valence-electron chi connectivity index (χ3n) is 3.22. The predicted molar refractivity (Wildman–Crippen MR) is 93.5 cm³/mol. The lowest BCUT2D eigenvalue weighted by molar-refractivity contribution is 0.820. The Morgan fingerprint density at radius 2 is 2.09 bits per heavy atom. The van der Waals surface area contributed by atoms with Crippen molar-refractivity contribution < 1.29 is 0 Å². The van der Waals surface area contributed by atoms with Gasteiger partial charge in [-0.25, -0.2) is 4.68 Å². The molecule has 9 heteroatoms. The maximum Gasteiger partial charge on any atom is 0.216 e. The van der Waals surface area contributed by atoms with E-state index in [0.717, 1.165) is 11.4 Å². The van der Waals surface area contributed by atoms with E-state index in [2.05, 4.69) is 20.4 Å². The first-order valence-corrected chi connectivity index (χ1v) is 7.83. The van der Waals surface area contributed by atoms with Crippen LogP contribution in [0.15, 0.2) is 29.4 Å². The highest BCUT2D eigenvalue weighted by molar-refractivity contribution is 7.71. The number of hydrogen-bond acceptors (Lipinski definition) is 4. The molecule has 3 rings (SSSR count). The summed E-state index contributed by atoms with van der Waals surface area (Å²) in [5.41, 5.74) is 2.22. The lowest BCUT2D eigenvalue weighted by Crippen LogP contribution is -1.97. The van der Waals surface area contributed by atoms with Crippen LogP contribution < -0.4 is 0 Å². The Labute approximate surface area is 147 Å². The summed E-state index contributed by atoms with van der Waals surface area (Å²) in [4.78, 5) is 0. The van der Waals surface area contributed by atoms with Gasteiger partial charge >= 0.3 is 0 Å². The standard InChI is InChI=1S/C14H12Cl2N6S/c1-8-12(7-17-21-9(2)18-19-14(21)23)13(16)22(20-8)11-5-3-4-10(15)6-11/h3-7H,1-2H3,(H,19,23)/b17-7-. The minimum absolute atomic E-state index is 0.412. The molecule has 0 bridgehead atoms. The van der Waals surface area contributed by atoms with E-state index in [0.29, 0.717) is 26.3 Å². The van der Waals surface area contributed by atoms with Crippen LogP contribution in [0.2, 0.25) is 10.2 Å². The minimum atomic E-state index is 0.412. The largest absolute Gasteiger partial charge is 0.250 e. The van der Waals surface area contributed by atoms with Crippen molar-refractivity contribution in [2.45, 2.75) is 13.8 Å². The fourth-order valence-electron chi connectivity index (χ4n) is 2.06. The molecule has 118 valence electrons. The number of benzene rings is 1. The molecular weight excluding hydrogens is 355 g/mol. The topological polar surface area (TPSA) is 63.8 Å². The molecular formula is C14H12Cl2N6S. The van der Waals surface area contributed by atoms with Crippen molar-refractivity contribution >= 4 is 41.6 Å². The van der Waals surface area contributed by atoms with Gasteiger partial charge in [-0.15, -0.1) is 0 Å². The Balaban J connectivity index is 2.04. The van der Waals surface area contributed by atoms with Crippen molar-refractivity contribution in [3.05, 3.63) is 56.3 Å². The summed E-state index contributed by atoms with van der Waals surface area (Å²) in [6.07, 6.45) is 1.62.